The number of aryl methyl sites for hydroxylation is 2. The zero-order chi connectivity index (χ0) is 10.8. The van der Waals surface area contributed by atoms with Crippen LogP contribution in [-0.4, -0.2) is 6.04 Å². The summed E-state index contributed by atoms with van der Waals surface area (Å²) in [4.78, 5) is 0. The van der Waals surface area contributed by atoms with Crippen molar-refractivity contribution in [1.82, 2.24) is 0 Å². The predicted molar refractivity (Wildman–Crippen MR) is 66.4 cm³/mol. The molecule has 0 saturated heterocycles. The lowest BCUT2D eigenvalue weighted by atomic mass is 9.81. The third-order valence-electron chi connectivity index (χ3n) is 3.46. The van der Waals surface area contributed by atoms with Gasteiger partial charge < -0.3 is 5.32 Å². The third-order valence-corrected chi connectivity index (χ3v) is 3.46. The topological polar surface area (TPSA) is 12.0 Å². The van der Waals surface area contributed by atoms with Crippen LogP contribution >= 0.6 is 0 Å². The molecule has 0 bridgehead atoms. The van der Waals surface area contributed by atoms with E-state index in [0.717, 1.165) is 12.3 Å². The van der Waals surface area contributed by atoms with Crippen molar-refractivity contribution in [2.75, 3.05) is 5.32 Å². The first-order valence-electron chi connectivity index (χ1n) is 6.05. The van der Waals surface area contributed by atoms with Crippen LogP contribution in [0.2, 0.25) is 0 Å². The van der Waals surface area contributed by atoms with Crippen molar-refractivity contribution in [3.05, 3.63) is 29.3 Å². The van der Waals surface area contributed by atoms with Gasteiger partial charge in [0.05, 0.1) is 0 Å². The lowest BCUT2D eigenvalue weighted by molar-refractivity contribution is 0.309. The number of para-hydroxylation sites is 1. The highest BCUT2D eigenvalue weighted by molar-refractivity contribution is 5.58. The van der Waals surface area contributed by atoms with Crippen LogP contribution in [-0.2, 0) is 6.42 Å². The van der Waals surface area contributed by atoms with Gasteiger partial charge in [-0.2, -0.15) is 0 Å². The van der Waals surface area contributed by atoms with Crippen molar-refractivity contribution in [3.63, 3.8) is 0 Å². The maximum absolute atomic E-state index is 3.70. The molecule has 1 aromatic carbocycles. The molecule has 1 heteroatoms. The van der Waals surface area contributed by atoms with Crippen LogP contribution in [0.4, 0.5) is 5.69 Å². The first-order valence-corrected chi connectivity index (χ1v) is 6.05. The molecule has 0 radical (unpaired) electrons. The highest BCUT2D eigenvalue weighted by Gasteiger charge is 2.25. The first kappa shape index (κ1) is 10.5. The van der Waals surface area contributed by atoms with Crippen molar-refractivity contribution < 1.29 is 0 Å². The van der Waals surface area contributed by atoms with Gasteiger partial charge in [-0.05, 0) is 43.2 Å². The van der Waals surface area contributed by atoms with Crippen LogP contribution in [0.25, 0.3) is 0 Å². The van der Waals surface area contributed by atoms with E-state index < -0.39 is 0 Å². The fraction of sp³-hybridized carbons (Fsp3) is 0.571. The Morgan fingerprint density at radius 2 is 2.07 bits per heavy atom. The van der Waals surface area contributed by atoms with Gasteiger partial charge in [-0.15, -0.1) is 0 Å². The van der Waals surface area contributed by atoms with Gasteiger partial charge >= 0.3 is 0 Å². The molecule has 0 unspecified atom stereocenters. The number of benzene rings is 1. The smallest absolute Gasteiger partial charge is 0.0404 e. The van der Waals surface area contributed by atoms with Crippen LogP contribution in [0.5, 0.6) is 0 Å². The Morgan fingerprint density at radius 1 is 1.33 bits per heavy atom. The fourth-order valence-corrected chi connectivity index (χ4v) is 2.45. The van der Waals surface area contributed by atoms with E-state index in [1.165, 1.54) is 29.7 Å². The van der Waals surface area contributed by atoms with Gasteiger partial charge in [0, 0.05) is 11.7 Å². The van der Waals surface area contributed by atoms with E-state index >= 15 is 0 Å². The Hall–Kier alpha value is -0.980. The molecule has 0 aromatic heterocycles. The van der Waals surface area contributed by atoms with Crippen LogP contribution in [0.15, 0.2) is 18.2 Å². The third kappa shape index (κ3) is 2.17. The Labute approximate surface area is 92.9 Å². The molecule has 0 amide bonds. The van der Waals surface area contributed by atoms with Gasteiger partial charge in [-0.1, -0.05) is 32.0 Å². The molecule has 1 aromatic rings. The van der Waals surface area contributed by atoms with Crippen molar-refractivity contribution in [2.45, 2.75) is 46.1 Å². The zero-order valence-corrected chi connectivity index (χ0v) is 10.0. The number of nitrogens with one attached hydrogen (secondary N) is 1. The maximum Gasteiger partial charge on any atom is 0.0404 e. The monoisotopic (exact) mass is 203 g/mol. The van der Waals surface area contributed by atoms with Gasteiger partial charge in [0.15, 0.2) is 0 Å². The second-order valence-electron chi connectivity index (χ2n) is 4.88. The van der Waals surface area contributed by atoms with E-state index in [2.05, 4.69) is 44.3 Å². The normalized spacial score (nSPS) is 24.7. The lowest BCUT2D eigenvalue weighted by Crippen LogP contribution is -2.34. The summed E-state index contributed by atoms with van der Waals surface area (Å²) < 4.78 is 0. The van der Waals surface area contributed by atoms with Gasteiger partial charge in [-0.3, -0.25) is 0 Å². The van der Waals surface area contributed by atoms with Crippen molar-refractivity contribution in [3.8, 4) is 0 Å². The molecule has 1 saturated carbocycles. The summed E-state index contributed by atoms with van der Waals surface area (Å²) in [5, 5.41) is 3.70. The molecular weight excluding hydrogens is 182 g/mol. The molecular formula is C14H21N. The fourth-order valence-electron chi connectivity index (χ4n) is 2.45. The Bertz CT molecular complexity index is 337. The first-order chi connectivity index (χ1) is 7.20. The molecule has 1 aliphatic carbocycles. The highest BCUT2D eigenvalue weighted by Crippen LogP contribution is 2.31. The summed E-state index contributed by atoms with van der Waals surface area (Å²) in [6.07, 6.45) is 3.78. The van der Waals surface area contributed by atoms with Crippen molar-refractivity contribution in [1.29, 1.82) is 0 Å². The van der Waals surface area contributed by atoms with Crippen molar-refractivity contribution in [2.24, 2.45) is 5.92 Å². The Morgan fingerprint density at radius 3 is 2.67 bits per heavy atom. The molecule has 1 nitrogen and oxygen atoms in total. The molecule has 0 atom stereocenters. The molecule has 1 aliphatic rings. The minimum absolute atomic E-state index is 0.714. The standard InChI is InChI=1S/C14H21N/c1-4-12-7-5-6-11(3)14(12)15-13-8-10(2)9-13/h5-7,10,13,15H,4,8-9H2,1-3H3. The van der Waals surface area contributed by atoms with Gasteiger partial charge in [0.1, 0.15) is 0 Å². The van der Waals surface area contributed by atoms with E-state index in [4.69, 9.17) is 0 Å². The Balaban J connectivity index is 2.12. The lowest BCUT2D eigenvalue weighted by Gasteiger charge is -2.35. The van der Waals surface area contributed by atoms with Crippen LogP contribution in [0.3, 0.4) is 0 Å². The maximum atomic E-state index is 3.70. The molecule has 0 heterocycles. The highest BCUT2D eigenvalue weighted by atomic mass is 14.9. The molecule has 0 aliphatic heterocycles. The second kappa shape index (κ2) is 4.26. The summed E-state index contributed by atoms with van der Waals surface area (Å²) in [5.41, 5.74) is 4.22. The SMILES string of the molecule is CCc1cccc(C)c1NC1CC(C)C1. The second-order valence-corrected chi connectivity index (χ2v) is 4.88. The number of hydrogen-bond acceptors (Lipinski definition) is 1. The summed E-state index contributed by atoms with van der Waals surface area (Å²) >= 11 is 0. The molecule has 2 rings (SSSR count). The van der Waals surface area contributed by atoms with E-state index in [1.54, 1.807) is 0 Å². The van der Waals surface area contributed by atoms with Crippen LogP contribution < -0.4 is 5.32 Å². The summed E-state index contributed by atoms with van der Waals surface area (Å²) in [7, 11) is 0. The molecule has 1 N–H and O–H groups in total. The number of rotatable bonds is 3. The summed E-state index contributed by atoms with van der Waals surface area (Å²) in [5.74, 6) is 0.914. The Kier molecular flexibility index (Phi) is 2.99. The molecule has 1 fully saturated rings. The minimum atomic E-state index is 0.714. The summed E-state index contributed by atoms with van der Waals surface area (Å²) in [6.45, 7) is 6.75. The molecule has 15 heavy (non-hydrogen) atoms. The molecule has 0 spiro atoms. The summed E-state index contributed by atoms with van der Waals surface area (Å²) in [6, 6.07) is 7.30. The largest absolute Gasteiger partial charge is 0.382 e. The quantitative estimate of drug-likeness (QED) is 0.788. The van der Waals surface area contributed by atoms with E-state index in [0.29, 0.717) is 6.04 Å². The van der Waals surface area contributed by atoms with Crippen LogP contribution in [0.1, 0.15) is 37.8 Å². The number of anilines is 1. The van der Waals surface area contributed by atoms with Gasteiger partial charge in [-0.25, -0.2) is 0 Å². The molecule has 82 valence electrons. The van der Waals surface area contributed by atoms with Crippen LogP contribution in [0, 0.1) is 12.8 Å². The van der Waals surface area contributed by atoms with Gasteiger partial charge in [0.25, 0.3) is 0 Å². The van der Waals surface area contributed by atoms with Gasteiger partial charge in [0.2, 0.25) is 0 Å². The predicted octanol–water partition coefficient (Wildman–Crippen LogP) is 3.77. The van der Waals surface area contributed by atoms with E-state index in [1.807, 2.05) is 0 Å². The van der Waals surface area contributed by atoms with E-state index in [9.17, 15) is 0 Å². The zero-order valence-electron chi connectivity index (χ0n) is 10.0. The average molecular weight is 203 g/mol. The van der Waals surface area contributed by atoms with E-state index in [-0.39, 0.29) is 0 Å². The average Bonchev–Trinajstić information content (AvgIpc) is 2.18. The van der Waals surface area contributed by atoms with Crippen molar-refractivity contribution >= 4 is 5.69 Å². The minimum Gasteiger partial charge on any atom is -0.382 e. The number of hydrogen-bond donors (Lipinski definition) is 1.